The van der Waals surface area contributed by atoms with Crippen LogP contribution >= 0.6 is 11.6 Å². The summed E-state index contributed by atoms with van der Waals surface area (Å²) in [7, 11) is 1.65. The molecular formula is C20H26ClNO3. The van der Waals surface area contributed by atoms with E-state index in [2.05, 4.69) is 5.32 Å². The summed E-state index contributed by atoms with van der Waals surface area (Å²) in [6.45, 7) is 5.69. The van der Waals surface area contributed by atoms with Crippen LogP contribution in [0.1, 0.15) is 24.5 Å². The molecule has 2 rings (SSSR count). The molecule has 0 bridgehead atoms. The monoisotopic (exact) mass is 363 g/mol. The van der Waals surface area contributed by atoms with Gasteiger partial charge in [-0.15, -0.1) is 0 Å². The van der Waals surface area contributed by atoms with Crippen molar-refractivity contribution in [1.29, 1.82) is 0 Å². The van der Waals surface area contributed by atoms with Gasteiger partial charge < -0.3 is 19.5 Å². The van der Waals surface area contributed by atoms with Gasteiger partial charge in [-0.25, -0.2) is 0 Å². The molecule has 2 aromatic carbocycles. The van der Waals surface area contributed by atoms with E-state index in [1.54, 1.807) is 7.11 Å². The molecule has 136 valence electrons. The van der Waals surface area contributed by atoms with Crippen molar-refractivity contribution in [3.05, 3.63) is 58.6 Å². The Hall–Kier alpha value is -1.75. The fraction of sp³-hybridized carbons (Fsp3) is 0.400. The Bertz CT molecular complexity index is 649. The molecule has 0 saturated heterocycles. The van der Waals surface area contributed by atoms with Crippen LogP contribution in [0.15, 0.2) is 42.5 Å². The predicted molar refractivity (Wildman–Crippen MR) is 102 cm³/mol. The zero-order valence-electron chi connectivity index (χ0n) is 14.9. The molecule has 0 aliphatic heterocycles. The third-order valence-electron chi connectivity index (χ3n) is 3.74. The molecule has 4 nitrogen and oxygen atoms in total. The summed E-state index contributed by atoms with van der Waals surface area (Å²) in [4.78, 5) is 0. The van der Waals surface area contributed by atoms with Crippen LogP contribution in [0, 0.1) is 0 Å². The lowest BCUT2D eigenvalue weighted by atomic mass is 10.2. The lowest BCUT2D eigenvalue weighted by Crippen LogP contribution is -2.16. The Balaban J connectivity index is 1.87. The first-order valence-electron chi connectivity index (χ1n) is 8.56. The van der Waals surface area contributed by atoms with E-state index in [4.69, 9.17) is 25.8 Å². The number of hydrogen-bond acceptors (Lipinski definition) is 4. The largest absolute Gasteiger partial charge is 0.493 e. The number of nitrogens with one attached hydrogen (secondary N) is 1. The van der Waals surface area contributed by atoms with Crippen molar-refractivity contribution < 1.29 is 14.2 Å². The van der Waals surface area contributed by atoms with Crippen LogP contribution in [0.5, 0.6) is 11.5 Å². The van der Waals surface area contributed by atoms with E-state index in [9.17, 15) is 0 Å². The topological polar surface area (TPSA) is 39.7 Å². The third-order valence-corrected chi connectivity index (χ3v) is 4.11. The molecule has 0 heterocycles. The van der Waals surface area contributed by atoms with Gasteiger partial charge in [0.1, 0.15) is 6.61 Å². The quantitative estimate of drug-likeness (QED) is 0.599. The summed E-state index contributed by atoms with van der Waals surface area (Å²) < 4.78 is 16.7. The van der Waals surface area contributed by atoms with Gasteiger partial charge in [-0.05, 0) is 43.7 Å². The van der Waals surface area contributed by atoms with Crippen molar-refractivity contribution in [3.63, 3.8) is 0 Å². The molecule has 0 fully saturated rings. The Morgan fingerprint density at radius 1 is 1.08 bits per heavy atom. The number of halogens is 1. The molecule has 5 heteroatoms. The predicted octanol–water partition coefficient (Wildman–Crippen LogP) is 4.44. The van der Waals surface area contributed by atoms with Gasteiger partial charge >= 0.3 is 0 Å². The van der Waals surface area contributed by atoms with Gasteiger partial charge in [-0.3, -0.25) is 0 Å². The number of rotatable bonds is 11. The number of ether oxygens (including phenoxy) is 3. The lowest BCUT2D eigenvalue weighted by molar-refractivity contribution is 0.144. The van der Waals surface area contributed by atoms with Gasteiger partial charge in [0.05, 0.1) is 7.11 Å². The minimum absolute atomic E-state index is 0.408. The standard InChI is InChI=1S/C20H26ClNO3/c1-3-24-12-6-11-22-14-16-9-10-19(20(13-16)23-2)25-15-17-7-4-5-8-18(17)21/h4-5,7-10,13,22H,3,6,11-12,14-15H2,1-2H3. The Labute approximate surface area is 155 Å². The maximum atomic E-state index is 6.16. The van der Waals surface area contributed by atoms with Gasteiger partial charge in [0.2, 0.25) is 0 Å². The summed E-state index contributed by atoms with van der Waals surface area (Å²) >= 11 is 6.16. The maximum Gasteiger partial charge on any atom is 0.161 e. The SMILES string of the molecule is CCOCCCNCc1ccc(OCc2ccccc2Cl)c(OC)c1. The van der Waals surface area contributed by atoms with Crippen molar-refractivity contribution in [3.8, 4) is 11.5 Å². The second kappa shape index (κ2) is 11.0. The fourth-order valence-corrected chi connectivity index (χ4v) is 2.58. The number of benzene rings is 2. The summed E-state index contributed by atoms with van der Waals surface area (Å²) in [5.74, 6) is 1.43. The fourth-order valence-electron chi connectivity index (χ4n) is 2.39. The van der Waals surface area contributed by atoms with Crippen LogP contribution in [-0.4, -0.2) is 26.9 Å². The van der Waals surface area contributed by atoms with E-state index in [0.717, 1.165) is 49.6 Å². The zero-order valence-corrected chi connectivity index (χ0v) is 15.6. The number of methoxy groups -OCH3 is 1. The summed E-state index contributed by atoms with van der Waals surface area (Å²) in [5, 5.41) is 4.11. The first-order valence-corrected chi connectivity index (χ1v) is 8.94. The average molecular weight is 364 g/mol. The van der Waals surface area contributed by atoms with Crippen molar-refractivity contribution in [2.45, 2.75) is 26.5 Å². The molecule has 0 aromatic heterocycles. The van der Waals surface area contributed by atoms with E-state index in [0.29, 0.717) is 17.4 Å². The van der Waals surface area contributed by atoms with E-state index in [-0.39, 0.29) is 0 Å². The van der Waals surface area contributed by atoms with E-state index >= 15 is 0 Å². The highest BCUT2D eigenvalue weighted by atomic mass is 35.5. The molecule has 0 aliphatic carbocycles. The molecule has 1 N–H and O–H groups in total. The first-order chi connectivity index (χ1) is 12.2. The van der Waals surface area contributed by atoms with Gasteiger partial charge in [0, 0.05) is 30.3 Å². The van der Waals surface area contributed by atoms with Crippen LogP contribution in [0.25, 0.3) is 0 Å². The minimum atomic E-state index is 0.408. The highest BCUT2D eigenvalue weighted by Gasteiger charge is 2.07. The molecule has 0 aliphatic rings. The molecule has 0 amide bonds. The summed E-state index contributed by atoms with van der Waals surface area (Å²) in [5.41, 5.74) is 2.10. The highest BCUT2D eigenvalue weighted by Crippen LogP contribution is 2.29. The lowest BCUT2D eigenvalue weighted by Gasteiger charge is -2.13. The van der Waals surface area contributed by atoms with Gasteiger partial charge in [-0.2, -0.15) is 0 Å². The zero-order chi connectivity index (χ0) is 17.9. The van der Waals surface area contributed by atoms with Crippen LogP contribution in [0.4, 0.5) is 0 Å². The highest BCUT2D eigenvalue weighted by molar-refractivity contribution is 6.31. The average Bonchev–Trinajstić information content (AvgIpc) is 2.64. The molecule has 0 spiro atoms. The maximum absolute atomic E-state index is 6.16. The molecule has 0 atom stereocenters. The minimum Gasteiger partial charge on any atom is -0.493 e. The van der Waals surface area contributed by atoms with Gasteiger partial charge in [0.15, 0.2) is 11.5 Å². The second-order valence-electron chi connectivity index (χ2n) is 5.59. The van der Waals surface area contributed by atoms with E-state index in [1.165, 1.54) is 0 Å². The van der Waals surface area contributed by atoms with Crippen molar-refractivity contribution >= 4 is 11.6 Å². The Morgan fingerprint density at radius 2 is 1.92 bits per heavy atom. The van der Waals surface area contributed by atoms with Crippen LogP contribution in [0.2, 0.25) is 5.02 Å². The summed E-state index contributed by atoms with van der Waals surface area (Å²) in [6.07, 6.45) is 1.00. The molecule has 25 heavy (non-hydrogen) atoms. The Kier molecular flexibility index (Phi) is 8.60. The molecule has 2 aromatic rings. The van der Waals surface area contributed by atoms with Crippen LogP contribution < -0.4 is 14.8 Å². The summed E-state index contributed by atoms with van der Waals surface area (Å²) in [6, 6.07) is 13.6. The number of hydrogen-bond donors (Lipinski definition) is 1. The third kappa shape index (κ3) is 6.58. The van der Waals surface area contributed by atoms with Crippen molar-refractivity contribution in [1.82, 2.24) is 5.32 Å². The van der Waals surface area contributed by atoms with E-state index < -0.39 is 0 Å². The molecule has 0 saturated carbocycles. The molecule has 0 radical (unpaired) electrons. The first kappa shape index (κ1) is 19.6. The molecular weight excluding hydrogens is 338 g/mol. The smallest absolute Gasteiger partial charge is 0.161 e. The van der Waals surface area contributed by atoms with Crippen LogP contribution in [-0.2, 0) is 17.9 Å². The van der Waals surface area contributed by atoms with Gasteiger partial charge in [0.25, 0.3) is 0 Å². The second-order valence-corrected chi connectivity index (χ2v) is 6.00. The van der Waals surface area contributed by atoms with E-state index in [1.807, 2.05) is 49.4 Å². The molecule has 0 unspecified atom stereocenters. The van der Waals surface area contributed by atoms with Crippen LogP contribution in [0.3, 0.4) is 0 Å². The van der Waals surface area contributed by atoms with Crippen molar-refractivity contribution in [2.24, 2.45) is 0 Å². The van der Waals surface area contributed by atoms with Gasteiger partial charge in [-0.1, -0.05) is 35.9 Å². The normalized spacial score (nSPS) is 10.7. The van der Waals surface area contributed by atoms with Crippen molar-refractivity contribution in [2.75, 3.05) is 26.9 Å². The Morgan fingerprint density at radius 3 is 2.68 bits per heavy atom.